The first-order valence-electron chi connectivity index (χ1n) is 7.71. The van der Waals surface area contributed by atoms with E-state index in [4.69, 9.17) is 11.6 Å². The molecule has 0 radical (unpaired) electrons. The van der Waals surface area contributed by atoms with E-state index in [1.807, 2.05) is 48.5 Å². The topological polar surface area (TPSA) is 44.9 Å². The summed E-state index contributed by atoms with van der Waals surface area (Å²) in [6, 6.07) is 15.6. The normalized spacial score (nSPS) is 10.9. The third-order valence-electron chi connectivity index (χ3n) is 3.99. The number of carbonyl (C=O) groups excluding carboxylic acids is 1. The Labute approximate surface area is 140 Å². The molecule has 118 valence electrons. The number of benzene rings is 2. The highest BCUT2D eigenvalue weighted by Crippen LogP contribution is 2.25. The monoisotopic (exact) mass is 326 g/mol. The fraction of sp³-hybridized carbons (Fsp3) is 0.211. The molecule has 0 unspecified atom stereocenters. The largest absolute Gasteiger partial charge is 0.358 e. The van der Waals surface area contributed by atoms with E-state index in [-0.39, 0.29) is 5.91 Å². The second-order valence-corrected chi connectivity index (χ2v) is 6.12. The van der Waals surface area contributed by atoms with Crippen molar-refractivity contribution in [1.29, 1.82) is 0 Å². The van der Waals surface area contributed by atoms with Crippen LogP contribution in [0.25, 0.3) is 10.9 Å². The zero-order valence-corrected chi connectivity index (χ0v) is 13.8. The maximum absolute atomic E-state index is 12.0. The van der Waals surface area contributed by atoms with Gasteiger partial charge >= 0.3 is 0 Å². The van der Waals surface area contributed by atoms with Crippen LogP contribution in [0.2, 0.25) is 5.02 Å². The van der Waals surface area contributed by atoms with Gasteiger partial charge in [-0.25, -0.2) is 0 Å². The number of fused-ring (bicyclic) bond motifs is 1. The molecule has 2 N–H and O–H groups in total. The van der Waals surface area contributed by atoms with Crippen LogP contribution in [0.15, 0.2) is 48.5 Å². The summed E-state index contributed by atoms with van der Waals surface area (Å²) in [5.74, 6) is 0.0479. The van der Waals surface area contributed by atoms with E-state index in [9.17, 15) is 4.79 Å². The summed E-state index contributed by atoms with van der Waals surface area (Å²) in [5.41, 5.74) is 4.44. The van der Waals surface area contributed by atoms with Crippen LogP contribution in [0.1, 0.15) is 16.8 Å². The zero-order valence-electron chi connectivity index (χ0n) is 13.0. The van der Waals surface area contributed by atoms with Gasteiger partial charge in [-0.2, -0.15) is 0 Å². The van der Waals surface area contributed by atoms with E-state index in [0.717, 1.165) is 33.6 Å². The van der Waals surface area contributed by atoms with Gasteiger partial charge in [0.2, 0.25) is 5.91 Å². The number of halogens is 1. The Balaban J connectivity index is 1.61. The van der Waals surface area contributed by atoms with Crippen LogP contribution in [0.4, 0.5) is 0 Å². The highest BCUT2D eigenvalue weighted by Gasteiger charge is 2.09. The van der Waals surface area contributed by atoms with Gasteiger partial charge in [0.15, 0.2) is 0 Å². The van der Waals surface area contributed by atoms with Crippen LogP contribution in [0.5, 0.6) is 0 Å². The van der Waals surface area contributed by atoms with Gasteiger partial charge in [0.1, 0.15) is 0 Å². The van der Waals surface area contributed by atoms with Crippen molar-refractivity contribution in [1.82, 2.24) is 10.3 Å². The van der Waals surface area contributed by atoms with Crippen LogP contribution in [0, 0.1) is 6.92 Å². The number of hydrogen-bond donors (Lipinski definition) is 2. The van der Waals surface area contributed by atoms with E-state index >= 15 is 0 Å². The molecule has 0 aliphatic rings. The number of rotatable bonds is 5. The quantitative estimate of drug-likeness (QED) is 0.730. The Kier molecular flexibility index (Phi) is 4.68. The van der Waals surface area contributed by atoms with Gasteiger partial charge in [-0.15, -0.1) is 0 Å². The van der Waals surface area contributed by atoms with Gasteiger partial charge in [0.25, 0.3) is 0 Å². The van der Waals surface area contributed by atoms with Crippen molar-refractivity contribution in [3.05, 3.63) is 70.4 Å². The van der Waals surface area contributed by atoms with Crippen molar-refractivity contribution < 1.29 is 4.79 Å². The molecule has 0 spiro atoms. The number of hydrogen-bond acceptors (Lipinski definition) is 1. The molecular weight excluding hydrogens is 308 g/mol. The number of H-pyrrole nitrogens is 1. The summed E-state index contributed by atoms with van der Waals surface area (Å²) in [6.45, 7) is 2.67. The van der Waals surface area contributed by atoms with E-state index in [1.165, 1.54) is 5.56 Å². The predicted octanol–water partition coefficient (Wildman–Crippen LogP) is 4.03. The van der Waals surface area contributed by atoms with Crippen molar-refractivity contribution in [2.45, 2.75) is 19.8 Å². The van der Waals surface area contributed by atoms with Crippen LogP contribution in [-0.2, 0) is 17.6 Å². The number of aryl methyl sites for hydroxylation is 1. The molecule has 3 rings (SSSR count). The van der Waals surface area contributed by atoms with Gasteiger partial charge in [0.05, 0.1) is 6.42 Å². The summed E-state index contributed by atoms with van der Waals surface area (Å²) in [6.07, 6.45) is 1.20. The van der Waals surface area contributed by atoms with E-state index < -0.39 is 0 Å². The average molecular weight is 327 g/mol. The molecule has 0 saturated carbocycles. The lowest BCUT2D eigenvalue weighted by Crippen LogP contribution is -2.27. The van der Waals surface area contributed by atoms with Crippen LogP contribution in [-0.4, -0.2) is 17.4 Å². The SMILES string of the molecule is Cc1[nH]c2ccc(Cl)cc2c1CCNC(=O)Cc1ccccc1. The first kappa shape index (κ1) is 15.6. The van der Waals surface area contributed by atoms with Crippen molar-refractivity contribution in [3.8, 4) is 0 Å². The number of nitrogens with one attached hydrogen (secondary N) is 2. The summed E-state index contributed by atoms with van der Waals surface area (Å²) in [7, 11) is 0. The minimum absolute atomic E-state index is 0.0479. The van der Waals surface area contributed by atoms with Crippen molar-refractivity contribution >= 4 is 28.4 Å². The molecule has 3 aromatic rings. The minimum Gasteiger partial charge on any atom is -0.358 e. The second kappa shape index (κ2) is 6.88. The lowest BCUT2D eigenvalue weighted by Gasteiger charge is -2.06. The van der Waals surface area contributed by atoms with Crippen molar-refractivity contribution in [3.63, 3.8) is 0 Å². The van der Waals surface area contributed by atoms with Gasteiger partial charge in [-0.3, -0.25) is 4.79 Å². The third-order valence-corrected chi connectivity index (χ3v) is 4.22. The maximum atomic E-state index is 12.0. The highest BCUT2D eigenvalue weighted by molar-refractivity contribution is 6.31. The maximum Gasteiger partial charge on any atom is 0.224 e. The van der Waals surface area contributed by atoms with Gasteiger partial charge in [-0.1, -0.05) is 41.9 Å². The summed E-state index contributed by atoms with van der Waals surface area (Å²) in [4.78, 5) is 15.4. The molecule has 2 aromatic carbocycles. The Morgan fingerprint density at radius 2 is 1.96 bits per heavy atom. The molecule has 0 bridgehead atoms. The van der Waals surface area contributed by atoms with Gasteiger partial charge in [-0.05, 0) is 42.7 Å². The summed E-state index contributed by atoms with van der Waals surface area (Å²) < 4.78 is 0. The third kappa shape index (κ3) is 3.74. The molecule has 1 aromatic heterocycles. The molecule has 0 aliphatic heterocycles. The number of aromatic amines is 1. The first-order valence-corrected chi connectivity index (χ1v) is 8.08. The molecule has 0 fully saturated rings. The molecule has 0 atom stereocenters. The summed E-state index contributed by atoms with van der Waals surface area (Å²) >= 11 is 6.09. The fourth-order valence-corrected chi connectivity index (χ4v) is 3.02. The molecule has 1 heterocycles. The first-order chi connectivity index (χ1) is 11.1. The van der Waals surface area contributed by atoms with Gasteiger partial charge in [0, 0.05) is 28.2 Å². The molecule has 23 heavy (non-hydrogen) atoms. The Morgan fingerprint density at radius 1 is 1.17 bits per heavy atom. The lowest BCUT2D eigenvalue weighted by molar-refractivity contribution is -0.120. The van der Waals surface area contributed by atoms with Crippen LogP contribution < -0.4 is 5.32 Å². The predicted molar refractivity (Wildman–Crippen MR) is 94.9 cm³/mol. The Morgan fingerprint density at radius 3 is 2.74 bits per heavy atom. The van der Waals surface area contributed by atoms with E-state index in [1.54, 1.807) is 0 Å². The van der Waals surface area contributed by atoms with Crippen LogP contribution in [0.3, 0.4) is 0 Å². The molecule has 4 heteroatoms. The Bertz CT molecular complexity index is 824. The molecular formula is C19H19ClN2O. The Hall–Kier alpha value is -2.26. The van der Waals surface area contributed by atoms with Crippen LogP contribution >= 0.6 is 11.6 Å². The van der Waals surface area contributed by atoms with Crippen molar-refractivity contribution in [2.75, 3.05) is 6.54 Å². The average Bonchev–Trinajstić information content (AvgIpc) is 2.84. The molecule has 0 saturated heterocycles. The highest BCUT2D eigenvalue weighted by atomic mass is 35.5. The van der Waals surface area contributed by atoms with Crippen molar-refractivity contribution in [2.24, 2.45) is 0 Å². The minimum atomic E-state index is 0.0479. The number of carbonyl (C=O) groups is 1. The lowest BCUT2D eigenvalue weighted by atomic mass is 10.1. The standard InChI is InChI=1S/C19H19ClN2O/c1-13-16(17-12-15(20)7-8-18(17)22-13)9-10-21-19(23)11-14-5-3-2-4-6-14/h2-8,12,22H,9-11H2,1H3,(H,21,23). The molecule has 1 amide bonds. The van der Waals surface area contributed by atoms with E-state index in [2.05, 4.69) is 17.2 Å². The smallest absolute Gasteiger partial charge is 0.224 e. The number of amides is 1. The van der Waals surface area contributed by atoms with Gasteiger partial charge < -0.3 is 10.3 Å². The number of aromatic nitrogens is 1. The van der Waals surface area contributed by atoms with E-state index in [0.29, 0.717) is 13.0 Å². The fourth-order valence-electron chi connectivity index (χ4n) is 2.85. The molecule has 3 nitrogen and oxygen atoms in total. The second-order valence-electron chi connectivity index (χ2n) is 5.68. The summed E-state index contributed by atoms with van der Waals surface area (Å²) in [5, 5.41) is 4.85. The zero-order chi connectivity index (χ0) is 16.2. The molecule has 0 aliphatic carbocycles.